The van der Waals surface area contributed by atoms with Crippen molar-refractivity contribution in [2.45, 2.75) is 33.2 Å². The number of amidine groups is 1. The molecule has 98 valence electrons. The fourth-order valence-corrected chi connectivity index (χ4v) is 2.88. The summed E-state index contributed by atoms with van der Waals surface area (Å²) in [4.78, 5) is 4.69. The van der Waals surface area contributed by atoms with Crippen LogP contribution in [0, 0.1) is 18.7 Å². The van der Waals surface area contributed by atoms with Gasteiger partial charge in [-0.05, 0) is 31.4 Å². The number of halogens is 1. The second kappa shape index (κ2) is 5.74. The Morgan fingerprint density at radius 3 is 2.94 bits per heavy atom. The van der Waals surface area contributed by atoms with Crippen molar-refractivity contribution in [1.29, 1.82) is 0 Å². The van der Waals surface area contributed by atoms with Gasteiger partial charge in [-0.25, -0.2) is 4.39 Å². The molecule has 0 saturated heterocycles. The fourth-order valence-electron chi connectivity index (χ4n) is 1.94. The SMILES string of the molecule is Cc1c(F)cccc1NC1=NC(C(C)C)CCS1. The lowest BCUT2D eigenvalue weighted by atomic mass is 10.0. The number of aliphatic imine (C=N–C) groups is 1. The molecule has 1 N–H and O–H groups in total. The number of nitrogens with one attached hydrogen (secondary N) is 1. The van der Waals surface area contributed by atoms with Crippen LogP contribution < -0.4 is 5.32 Å². The van der Waals surface area contributed by atoms with Crippen LogP contribution in [0.15, 0.2) is 23.2 Å². The molecule has 1 aromatic rings. The molecular weight excluding hydrogens is 247 g/mol. The van der Waals surface area contributed by atoms with Gasteiger partial charge < -0.3 is 5.32 Å². The first-order chi connectivity index (χ1) is 8.58. The van der Waals surface area contributed by atoms with E-state index in [2.05, 4.69) is 19.2 Å². The van der Waals surface area contributed by atoms with Gasteiger partial charge in [0.1, 0.15) is 5.82 Å². The first kappa shape index (κ1) is 13.4. The zero-order chi connectivity index (χ0) is 13.1. The van der Waals surface area contributed by atoms with Gasteiger partial charge >= 0.3 is 0 Å². The van der Waals surface area contributed by atoms with Crippen LogP contribution in [0.4, 0.5) is 10.1 Å². The average molecular weight is 266 g/mol. The average Bonchev–Trinajstić information content (AvgIpc) is 2.35. The molecular formula is C14H19FN2S. The van der Waals surface area contributed by atoms with Crippen molar-refractivity contribution < 1.29 is 4.39 Å². The van der Waals surface area contributed by atoms with Crippen molar-refractivity contribution in [3.63, 3.8) is 0 Å². The van der Waals surface area contributed by atoms with Gasteiger partial charge in [0, 0.05) is 17.0 Å². The number of hydrogen-bond donors (Lipinski definition) is 1. The zero-order valence-electron chi connectivity index (χ0n) is 11.0. The van der Waals surface area contributed by atoms with E-state index in [1.165, 1.54) is 6.07 Å². The van der Waals surface area contributed by atoms with Crippen LogP contribution in [0.3, 0.4) is 0 Å². The maximum atomic E-state index is 13.5. The van der Waals surface area contributed by atoms with Gasteiger partial charge in [-0.1, -0.05) is 31.7 Å². The number of rotatable bonds is 2. The summed E-state index contributed by atoms with van der Waals surface area (Å²) in [6, 6.07) is 5.47. The van der Waals surface area contributed by atoms with Crippen LogP contribution in [0.1, 0.15) is 25.8 Å². The predicted octanol–water partition coefficient (Wildman–Crippen LogP) is 4.06. The lowest BCUT2D eigenvalue weighted by Gasteiger charge is -2.23. The van der Waals surface area contributed by atoms with E-state index in [1.807, 2.05) is 6.07 Å². The summed E-state index contributed by atoms with van der Waals surface area (Å²) in [6.45, 7) is 6.16. The summed E-state index contributed by atoms with van der Waals surface area (Å²) in [6.07, 6.45) is 1.12. The molecule has 0 spiro atoms. The number of nitrogens with zero attached hydrogens (tertiary/aromatic N) is 1. The first-order valence-corrected chi connectivity index (χ1v) is 7.29. The highest BCUT2D eigenvalue weighted by Crippen LogP contribution is 2.25. The van der Waals surface area contributed by atoms with E-state index in [-0.39, 0.29) is 5.82 Å². The monoisotopic (exact) mass is 266 g/mol. The molecule has 2 nitrogen and oxygen atoms in total. The van der Waals surface area contributed by atoms with Crippen LogP contribution in [0.5, 0.6) is 0 Å². The molecule has 0 saturated carbocycles. The van der Waals surface area contributed by atoms with E-state index < -0.39 is 0 Å². The van der Waals surface area contributed by atoms with Gasteiger partial charge in [0.2, 0.25) is 0 Å². The van der Waals surface area contributed by atoms with Crippen molar-refractivity contribution in [2.75, 3.05) is 11.1 Å². The summed E-state index contributed by atoms with van der Waals surface area (Å²) in [5, 5.41) is 4.16. The predicted molar refractivity (Wildman–Crippen MR) is 77.9 cm³/mol. The summed E-state index contributed by atoms with van der Waals surface area (Å²) in [7, 11) is 0. The zero-order valence-corrected chi connectivity index (χ0v) is 11.9. The van der Waals surface area contributed by atoms with Crippen LogP contribution in [0.2, 0.25) is 0 Å². The molecule has 1 atom stereocenters. The summed E-state index contributed by atoms with van der Waals surface area (Å²) >= 11 is 1.71. The van der Waals surface area contributed by atoms with Crippen LogP contribution in [-0.4, -0.2) is 17.0 Å². The number of thioether (sulfide) groups is 1. The van der Waals surface area contributed by atoms with E-state index in [4.69, 9.17) is 4.99 Å². The van der Waals surface area contributed by atoms with E-state index in [0.717, 1.165) is 23.0 Å². The Bertz CT molecular complexity index is 457. The summed E-state index contributed by atoms with van der Waals surface area (Å²) in [5.74, 6) is 1.45. The minimum absolute atomic E-state index is 0.179. The molecule has 0 amide bonds. The number of hydrogen-bond acceptors (Lipinski definition) is 3. The molecule has 4 heteroatoms. The van der Waals surface area contributed by atoms with Crippen LogP contribution in [-0.2, 0) is 0 Å². The van der Waals surface area contributed by atoms with Crippen molar-refractivity contribution >= 4 is 22.6 Å². The van der Waals surface area contributed by atoms with Crippen LogP contribution in [0.25, 0.3) is 0 Å². The molecule has 0 aromatic heterocycles. The lowest BCUT2D eigenvalue weighted by molar-refractivity contribution is 0.485. The second-order valence-electron chi connectivity index (χ2n) is 4.92. The Kier molecular flexibility index (Phi) is 4.27. The molecule has 0 fully saturated rings. The Morgan fingerprint density at radius 1 is 1.44 bits per heavy atom. The van der Waals surface area contributed by atoms with E-state index in [0.29, 0.717) is 17.5 Å². The maximum absolute atomic E-state index is 13.5. The van der Waals surface area contributed by atoms with E-state index >= 15 is 0 Å². The summed E-state index contributed by atoms with van der Waals surface area (Å²) in [5.41, 5.74) is 1.46. The third-order valence-electron chi connectivity index (χ3n) is 3.21. The normalized spacial score (nSPS) is 19.8. The Morgan fingerprint density at radius 2 is 2.22 bits per heavy atom. The van der Waals surface area contributed by atoms with Crippen molar-refractivity contribution in [1.82, 2.24) is 0 Å². The summed E-state index contributed by atoms with van der Waals surface area (Å²) < 4.78 is 13.5. The maximum Gasteiger partial charge on any atom is 0.161 e. The minimum atomic E-state index is -0.179. The van der Waals surface area contributed by atoms with Crippen molar-refractivity contribution in [3.05, 3.63) is 29.6 Å². The molecule has 1 aliphatic heterocycles. The van der Waals surface area contributed by atoms with Crippen molar-refractivity contribution in [3.8, 4) is 0 Å². The molecule has 2 rings (SSSR count). The molecule has 18 heavy (non-hydrogen) atoms. The highest BCUT2D eigenvalue weighted by Gasteiger charge is 2.19. The minimum Gasteiger partial charge on any atom is -0.335 e. The second-order valence-corrected chi connectivity index (χ2v) is 6.00. The third-order valence-corrected chi connectivity index (χ3v) is 4.14. The molecule has 1 heterocycles. The van der Waals surface area contributed by atoms with Crippen molar-refractivity contribution in [2.24, 2.45) is 10.9 Å². The number of benzene rings is 1. The van der Waals surface area contributed by atoms with E-state index in [1.54, 1.807) is 24.8 Å². The van der Waals surface area contributed by atoms with Crippen LogP contribution >= 0.6 is 11.8 Å². The molecule has 1 unspecified atom stereocenters. The van der Waals surface area contributed by atoms with Gasteiger partial charge in [-0.15, -0.1) is 0 Å². The Labute approximate surface area is 112 Å². The molecule has 0 radical (unpaired) electrons. The highest BCUT2D eigenvalue weighted by molar-refractivity contribution is 8.14. The van der Waals surface area contributed by atoms with Gasteiger partial charge in [0.05, 0.1) is 6.04 Å². The molecule has 0 bridgehead atoms. The van der Waals surface area contributed by atoms with E-state index in [9.17, 15) is 4.39 Å². The highest BCUT2D eigenvalue weighted by atomic mass is 32.2. The van der Waals surface area contributed by atoms with Gasteiger partial charge in [-0.3, -0.25) is 4.99 Å². The topological polar surface area (TPSA) is 24.4 Å². The number of anilines is 1. The van der Waals surface area contributed by atoms with Gasteiger partial charge in [-0.2, -0.15) is 0 Å². The van der Waals surface area contributed by atoms with Gasteiger partial charge in [0.25, 0.3) is 0 Å². The largest absolute Gasteiger partial charge is 0.335 e. The molecule has 1 aliphatic rings. The Hall–Kier alpha value is -1.03. The lowest BCUT2D eigenvalue weighted by Crippen LogP contribution is -2.24. The van der Waals surface area contributed by atoms with Gasteiger partial charge in [0.15, 0.2) is 5.17 Å². The first-order valence-electron chi connectivity index (χ1n) is 6.30. The standard InChI is InChI=1S/C14H19FN2S/c1-9(2)12-7-8-18-14(16-12)17-13-6-4-5-11(15)10(13)3/h4-6,9,12H,7-8H2,1-3H3,(H,16,17). The smallest absolute Gasteiger partial charge is 0.161 e. The third kappa shape index (κ3) is 3.05. The molecule has 1 aromatic carbocycles. The fraction of sp³-hybridized carbons (Fsp3) is 0.500. The molecule has 0 aliphatic carbocycles. The quantitative estimate of drug-likeness (QED) is 0.873. The Balaban J connectivity index is 2.16.